The second-order valence-corrected chi connectivity index (χ2v) is 16.4. The quantitative estimate of drug-likeness (QED) is 0.0129. The maximum atomic E-state index is 12.6. The predicted octanol–water partition coefficient (Wildman–Crippen LogP) is 9.20. The zero-order chi connectivity index (χ0) is 43.2. The van der Waals surface area contributed by atoms with Gasteiger partial charge in [0.2, 0.25) is 0 Å². The van der Waals surface area contributed by atoms with Crippen LogP contribution in [0.15, 0.2) is 72.9 Å². The molecule has 0 bridgehead atoms. The van der Waals surface area contributed by atoms with Gasteiger partial charge in [-0.1, -0.05) is 125 Å². The van der Waals surface area contributed by atoms with E-state index in [9.17, 15) is 33.8 Å². The lowest BCUT2D eigenvalue weighted by molar-refractivity contribution is -0.161. The van der Waals surface area contributed by atoms with E-state index in [0.29, 0.717) is 19.3 Å². The van der Waals surface area contributed by atoms with Crippen LogP contribution in [0.25, 0.3) is 0 Å². The fourth-order valence-electron chi connectivity index (χ4n) is 5.01. The fourth-order valence-corrected chi connectivity index (χ4v) is 6.16. The Balaban J connectivity index is 4.71. The SMILES string of the molecule is CC/C=C/C/C=C/C=C/C(O)CCCCCCCC(=O)OC[C@H](COP(=O)(O)OC[C@@H](O)COP(=O)(O)O)OC(=O)CCCC/C=C\C/C=C\C/C=C\CCCCC. The number of aliphatic hydroxyl groups excluding tert-OH is 2. The van der Waals surface area contributed by atoms with Crippen molar-refractivity contribution in [2.45, 2.75) is 154 Å². The second kappa shape index (κ2) is 37.5. The van der Waals surface area contributed by atoms with E-state index in [2.05, 4.69) is 71.5 Å². The maximum absolute atomic E-state index is 12.6. The minimum absolute atomic E-state index is 0.0587. The molecule has 0 aliphatic rings. The molecule has 0 saturated heterocycles. The Hall–Kier alpha value is -2.48. The average molecular weight is 863 g/mol. The van der Waals surface area contributed by atoms with E-state index in [0.717, 1.165) is 70.6 Å². The van der Waals surface area contributed by atoms with Gasteiger partial charge in [-0.05, 0) is 70.6 Å². The lowest BCUT2D eigenvalue weighted by Crippen LogP contribution is -2.30. The number of hydrogen-bond donors (Lipinski definition) is 5. The highest BCUT2D eigenvalue weighted by atomic mass is 31.2. The van der Waals surface area contributed by atoms with Crippen molar-refractivity contribution in [3.63, 3.8) is 0 Å². The smallest absolute Gasteiger partial charge is 0.462 e. The van der Waals surface area contributed by atoms with E-state index in [1.807, 2.05) is 18.2 Å². The fraction of sp³-hybridized carbons (Fsp3) is 0.667. The molecule has 14 nitrogen and oxygen atoms in total. The molecule has 0 aliphatic heterocycles. The standard InChI is InChI=1S/C42H72O14P2/c1-3-5-7-9-11-12-13-14-15-16-17-18-20-24-29-33-42(46)56-40(37-55-58(50,51)54-35-39(44)34-53-57(47,48)49)36-52-41(45)32-28-25-21-23-27-31-38(43)30-26-22-19-10-8-6-4-2/h6,8,11-12,14-15,17-19,22,26,30,38-40,43-44H,3-5,7,9-10,13,16,20-21,23-25,27-29,31-37H2,1-2H3,(H,50,51)(H2,47,48,49)/b8-6+,12-11-,15-14-,18-17-,22-19+,30-26+/t38?,39-,40+/m0/s1. The van der Waals surface area contributed by atoms with Gasteiger partial charge < -0.3 is 34.4 Å². The van der Waals surface area contributed by atoms with Gasteiger partial charge in [-0.2, -0.15) is 0 Å². The first kappa shape index (κ1) is 55.5. The van der Waals surface area contributed by atoms with Crippen LogP contribution in [-0.4, -0.2) is 81.6 Å². The number of carbonyl (C=O) groups is 2. The van der Waals surface area contributed by atoms with E-state index in [-0.39, 0.29) is 12.8 Å². The molecule has 334 valence electrons. The van der Waals surface area contributed by atoms with Crippen LogP contribution in [0.4, 0.5) is 0 Å². The third-order valence-corrected chi connectivity index (χ3v) is 9.61. The average Bonchev–Trinajstić information content (AvgIpc) is 3.17. The number of esters is 2. The molecule has 0 aromatic rings. The Morgan fingerprint density at radius 1 is 0.586 bits per heavy atom. The summed E-state index contributed by atoms with van der Waals surface area (Å²) in [6.45, 7) is 1.42. The Kier molecular flexibility index (Phi) is 35.9. The number of rotatable bonds is 38. The van der Waals surface area contributed by atoms with Crippen LogP contribution in [0, 0.1) is 0 Å². The minimum atomic E-state index is -4.88. The molecule has 2 unspecified atom stereocenters. The van der Waals surface area contributed by atoms with Crippen molar-refractivity contribution in [3.8, 4) is 0 Å². The van der Waals surface area contributed by atoms with Gasteiger partial charge in [0.05, 0.1) is 25.9 Å². The third kappa shape index (κ3) is 40.3. The zero-order valence-electron chi connectivity index (χ0n) is 34.7. The molecule has 0 heterocycles. The predicted molar refractivity (Wildman–Crippen MR) is 226 cm³/mol. The van der Waals surface area contributed by atoms with Crippen LogP contribution in [0.3, 0.4) is 0 Å². The molecule has 0 amide bonds. The molecule has 0 radical (unpaired) electrons. The van der Waals surface area contributed by atoms with Crippen LogP contribution < -0.4 is 0 Å². The summed E-state index contributed by atoms with van der Waals surface area (Å²) in [5.74, 6) is -1.16. The van der Waals surface area contributed by atoms with Gasteiger partial charge in [0.1, 0.15) is 12.7 Å². The molecule has 0 spiro atoms. The molecule has 0 aromatic heterocycles. The van der Waals surface area contributed by atoms with Crippen LogP contribution in [0.1, 0.15) is 136 Å². The van der Waals surface area contributed by atoms with Crippen LogP contribution in [0.5, 0.6) is 0 Å². The second-order valence-electron chi connectivity index (χ2n) is 13.7. The summed E-state index contributed by atoms with van der Waals surface area (Å²) in [5.41, 5.74) is 0. The topological polar surface area (TPSA) is 216 Å². The van der Waals surface area contributed by atoms with Crippen molar-refractivity contribution in [2.75, 3.05) is 26.4 Å². The summed E-state index contributed by atoms with van der Waals surface area (Å²) in [4.78, 5) is 52.6. The molecule has 5 N–H and O–H groups in total. The number of ether oxygens (including phenoxy) is 2. The van der Waals surface area contributed by atoms with E-state index in [1.54, 1.807) is 6.08 Å². The number of unbranched alkanes of at least 4 members (excludes halogenated alkanes) is 9. The Labute approximate surface area is 347 Å². The third-order valence-electron chi connectivity index (χ3n) is 8.17. The molecule has 0 saturated carbocycles. The van der Waals surface area contributed by atoms with Crippen molar-refractivity contribution in [3.05, 3.63) is 72.9 Å². The van der Waals surface area contributed by atoms with Gasteiger partial charge in [-0.25, -0.2) is 9.13 Å². The first-order chi connectivity index (χ1) is 27.8. The lowest BCUT2D eigenvalue weighted by atomic mass is 10.1. The van der Waals surface area contributed by atoms with E-state index in [4.69, 9.17) is 23.8 Å². The molecule has 0 aliphatic carbocycles. The number of aliphatic hydroxyl groups is 2. The van der Waals surface area contributed by atoms with Crippen molar-refractivity contribution < 1.29 is 66.7 Å². The van der Waals surface area contributed by atoms with Crippen molar-refractivity contribution in [2.24, 2.45) is 0 Å². The largest absolute Gasteiger partial charge is 0.472 e. The van der Waals surface area contributed by atoms with Gasteiger partial charge in [-0.15, -0.1) is 0 Å². The molecule has 58 heavy (non-hydrogen) atoms. The zero-order valence-corrected chi connectivity index (χ0v) is 36.5. The summed E-state index contributed by atoms with van der Waals surface area (Å²) in [6, 6.07) is 0. The van der Waals surface area contributed by atoms with Crippen molar-refractivity contribution in [1.82, 2.24) is 0 Å². The molecule has 4 atom stereocenters. The van der Waals surface area contributed by atoms with E-state index >= 15 is 0 Å². The summed E-state index contributed by atoms with van der Waals surface area (Å²) >= 11 is 0. The number of phosphoric ester groups is 2. The maximum Gasteiger partial charge on any atom is 0.472 e. The Bertz CT molecular complexity index is 1320. The van der Waals surface area contributed by atoms with Crippen LogP contribution >= 0.6 is 15.6 Å². The molecule has 0 fully saturated rings. The molecule has 0 aromatic carbocycles. The molecular formula is C42H72O14P2. The molecular weight excluding hydrogens is 790 g/mol. The summed E-state index contributed by atoms with van der Waals surface area (Å²) in [7, 11) is -9.72. The van der Waals surface area contributed by atoms with Crippen LogP contribution in [-0.2, 0) is 41.8 Å². The molecule has 16 heteroatoms. The highest BCUT2D eigenvalue weighted by Crippen LogP contribution is 2.43. The van der Waals surface area contributed by atoms with Gasteiger partial charge >= 0.3 is 27.6 Å². The number of carbonyl (C=O) groups excluding carboxylic acids is 2. The van der Waals surface area contributed by atoms with Crippen molar-refractivity contribution in [1.29, 1.82) is 0 Å². The Morgan fingerprint density at radius 3 is 1.81 bits per heavy atom. The summed E-state index contributed by atoms with van der Waals surface area (Å²) in [6.07, 6.45) is 36.4. The number of allylic oxidation sites excluding steroid dienone is 11. The van der Waals surface area contributed by atoms with Gasteiger partial charge in [0.25, 0.3) is 0 Å². The Morgan fingerprint density at radius 2 is 1.14 bits per heavy atom. The summed E-state index contributed by atoms with van der Waals surface area (Å²) < 4.78 is 47.6. The van der Waals surface area contributed by atoms with E-state index < -0.39 is 72.3 Å². The summed E-state index contributed by atoms with van der Waals surface area (Å²) in [5, 5.41) is 19.8. The lowest BCUT2D eigenvalue weighted by Gasteiger charge is -2.20. The normalized spacial score (nSPS) is 15.4. The van der Waals surface area contributed by atoms with Crippen LogP contribution in [0.2, 0.25) is 0 Å². The van der Waals surface area contributed by atoms with Crippen molar-refractivity contribution >= 4 is 27.6 Å². The monoisotopic (exact) mass is 862 g/mol. The van der Waals surface area contributed by atoms with Gasteiger partial charge in [0.15, 0.2) is 6.10 Å². The first-order valence-corrected chi connectivity index (χ1v) is 23.8. The number of hydrogen-bond acceptors (Lipinski definition) is 11. The first-order valence-electron chi connectivity index (χ1n) is 20.7. The highest BCUT2D eigenvalue weighted by Gasteiger charge is 2.28. The molecule has 0 rings (SSSR count). The van der Waals surface area contributed by atoms with Gasteiger partial charge in [0, 0.05) is 12.8 Å². The highest BCUT2D eigenvalue weighted by molar-refractivity contribution is 7.47. The number of phosphoric acid groups is 2. The minimum Gasteiger partial charge on any atom is -0.462 e. The van der Waals surface area contributed by atoms with E-state index in [1.165, 1.54) is 19.3 Å². The van der Waals surface area contributed by atoms with Gasteiger partial charge in [-0.3, -0.25) is 23.2 Å².